The first-order valence-electron chi connectivity index (χ1n) is 3.96. The Balaban J connectivity index is 3.50. The molecule has 0 rings (SSSR count). The topological polar surface area (TPSA) is 3.24 Å². The molecular weight excluding hydrogens is 125 g/mol. The molecule has 0 atom stereocenters. The van der Waals surface area contributed by atoms with E-state index in [-0.39, 0.29) is 0 Å². The predicted octanol–water partition coefficient (Wildman–Crippen LogP) is 0.620. The van der Waals surface area contributed by atoms with Crippen LogP contribution in [0.2, 0.25) is 12.6 Å². The second-order valence-corrected chi connectivity index (χ2v) is 3.69. The summed E-state index contributed by atoms with van der Waals surface area (Å²) in [6.07, 6.45) is 2.63. The molecule has 0 bridgehead atoms. The van der Waals surface area contributed by atoms with E-state index in [0.717, 1.165) is 6.85 Å². The van der Waals surface area contributed by atoms with E-state index in [1.807, 2.05) is 0 Å². The van der Waals surface area contributed by atoms with Crippen molar-refractivity contribution in [3.8, 4) is 0 Å². The van der Waals surface area contributed by atoms with Crippen LogP contribution < -0.4 is 0 Å². The van der Waals surface area contributed by atoms with Crippen LogP contribution >= 0.6 is 0 Å². The van der Waals surface area contributed by atoms with Crippen LogP contribution in [0.15, 0.2) is 0 Å². The van der Waals surface area contributed by atoms with Crippen molar-refractivity contribution in [3.63, 3.8) is 0 Å². The summed E-state index contributed by atoms with van der Waals surface area (Å²) in [5.41, 5.74) is 0. The van der Waals surface area contributed by atoms with Gasteiger partial charge in [0.15, 0.2) is 0 Å². The average Bonchev–Trinajstić information content (AvgIpc) is 1.90. The molecule has 0 saturated heterocycles. The van der Waals surface area contributed by atoms with Gasteiger partial charge in [-0.2, -0.15) is 0 Å². The van der Waals surface area contributed by atoms with Gasteiger partial charge in [0.25, 0.3) is 0 Å². The van der Waals surface area contributed by atoms with Crippen molar-refractivity contribution in [3.05, 3.63) is 0 Å². The Morgan fingerprint density at radius 1 is 1.22 bits per heavy atom. The van der Waals surface area contributed by atoms with Crippen molar-refractivity contribution in [2.75, 3.05) is 6.54 Å². The van der Waals surface area contributed by atoms with Gasteiger partial charge in [0.05, 0.1) is 10.4 Å². The summed E-state index contributed by atoms with van der Waals surface area (Å²) in [6, 6.07) is 0. The van der Waals surface area contributed by atoms with E-state index < -0.39 is 0 Å². The van der Waals surface area contributed by atoms with Crippen molar-refractivity contribution in [2.24, 2.45) is 0 Å². The Bertz CT molecular complexity index is 66.1. The fourth-order valence-corrected chi connectivity index (χ4v) is 1.90. The van der Waals surface area contributed by atoms with Crippen molar-refractivity contribution >= 4 is 17.3 Å². The van der Waals surface area contributed by atoms with Crippen LogP contribution in [0.1, 0.15) is 20.8 Å². The molecule has 9 heavy (non-hydrogen) atoms. The van der Waals surface area contributed by atoms with Gasteiger partial charge >= 0.3 is 0 Å². The first-order chi connectivity index (χ1) is 4.26. The monoisotopic (exact) mass is 143 g/mol. The second kappa shape index (κ2) is 5.06. The first kappa shape index (κ1) is 9.24. The summed E-state index contributed by atoms with van der Waals surface area (Å²) < 4.78 is 2.54. The average molecular weight is 143 g/mol. The number of hydrogen-bond donors (Lipinski definition) is 0. The lowest BCUT2D eigenvalue weighted by atomic mass is 9.57. The van der Waals surface area contributed by atoms with Gasteiger partial charge in [-0.1, -0.05) is 33.4 Å². The third kappa shape index (κ3) is 3.06. The molecule has 54 valence electrons. The summed E-state index contributed by atoms with van der Waals surface area (Å²) >= 11 is 0. The van der Waals surface area contributed by atoms with Crippen LogP contribution in [0.25, 0.3) is 0 Å². The SMILES string of the molecule is CCB(CC)N([SiH3])CC. The van der Waals surface area contributed by atoms with Gasteiger partial charge in [-0.05, 0) is 6.54 Å². The Morgan fingerprint density at radius 3 is 1.78 bits per heavy atom. The third-order valence-electron chi connectivity index (χ3n) is 2.06. The van der Waals surface area contributed by atoms with Crippen LogP contribution in [0.5, 0.6) is 0 Å². The highest BCUT2D eigenvalue weighted by molar-refractivity contribution is 6.60. The molecule has 3 heteroatoms. The number of rotatable bonds is 4. The molecule has 0 aliphatic carbocycles. The van der Waals surface area contributed by atoms with E-state index in [2.05, 4.69) is 25.2 Å². The van der Waals surface area contributed by atoms with E-state index in [0.29, 0.717) is 0 Å². The summed E-state index contributed by atoms with van der Waals surface area (Å²) in [5, 5.41) is 0. The summed E-state index contributed by atoms with van der Waals surface area (Å²) in [7, 11) is 1.23. The molecule has 0 unspecified atom stereocenters. The second-order valence-electron chi connectivity index (χ2n) is 2.54. The van der Waals surface area contributed by atoms with Gasteiger partial charge in [-0.25, -0.2) is 0 Å². The molecule has 0 saturated carbocycles. The fourth-order valence-electron chi connectivity index (χ4n) is 1.17. The van der Waals surface area contributed by atoms with Gasteiger partial charge < -0.3 is 4.48 Å². The molecule has 0 aromatic heterocycles. The minimum absolute atomic E-state index is 0.863. The van der Waals surface area contributed by atoms with Gasteiger partial charge in [-0.15, -0.1) is 0 Å². The van der Waals surface area contributed by atoms with Crippen LogP contribution in [-0.4, -0.2) is 28.3 Å². The maximum absolute atomic E-state index is 2.54. The van der Waals surface area contributed by atoms with Crippen molar-refractivity contribution in [2.45, 2.75) is 33.4 Å². The normalized spacial score (nSPS) is 10.7. The minimum Gasteiger partial charge on any atom is -0.372 e. The minimum atomic E-state index is 0.863. The van der Waals surface area contributed by atoms with Crippen molar-refractivity contribution < 1.29 is 0 Å². The summed E-state index contributed by atoms with van der Waals surface area (Å²) in [4.78, 5) is 0. The lowest BCUT2D eigenvalue weighted by Gasteiger charge is -2.21. The molecule has 0 aliphatic heterocycles. The Morgan fingerprint density at radius 2 is 1.67 bits per heavy atom. The zero-order valence-corrected chi connectivity index (χ0v) is 9.15. The lowest BCUT2D eigenvalue weighted by molar-refractivity contribution is 0.701. The fraction of sp³-hybridized carbons (Fsp3) is 1.00. The van der Waals surface area contributed by atoms with Gasteiger partial charge in [-0.3, -0.25) is 0 Å². The van der Waals surface area contributed by atoms with Crippen LogP contribution in [0, 0.1) is 0 Å². The lowest BCUT2D eigenvalue weighted by Crippen LogP contribution is -2.35. The molecule has 0 heterocycles. The third-order valence-corrected chi connectivity index (χ3v) is 3.43. The molecule has 0 N–H and O–H groups in total. The highest BCUT2D eigenvalue weighted by Crippen LogP contribution is 2.00. The van der Waals surface area contributed by atoms with Crippen LogP contribution in [0.4, 0.5) is 0 Å². The predicted molar refractivity (Wildman–Crippen MR) is 49.0 cm³/mol. The highest BCUT2D eigenvalue weighted by Gasteiger charge is 2.11. The van der Waals surface area contributed by atoms with E-state index in [9.17, 15) is 0 Å². The molecule has 1 nitrogen and oxygen atoms in total. The highest BCUT2D eigenvalue weighted by atomic mass is 28.2. The van der Waals surface area contributed by atoms with E-state index >= 15 is 0 Å². The van der Waals surface area contributed by atoms with Crippen LogP contribution in [0.3, 0.4) is 0 Å². The smallest absolute Gasteiger partial charge is 0.215 e. The number of nitrogens with zero attached hydrogens (tertiary/aromatic N) is 1. The van der Waals surface area contributed by atoms with Crippen molar-refractivity contribution in [1.29, 1.82) is 0 Å². The molecule has 0 spiro atoms. The Hall–Kier alpha value is 0.242. The molecule has 0 fully saturated rings. The molecular formula is C6H18BNSi. The maximum Gasteiger partial charge on any atom is 0.215 e. The summed E-state index contributed by atoms with van der Waals surface area (Å²) in [6.45, 7) is 8.88. The molecule has 0 amide bonds. The quantitative estimate of drug-likeness (QED) is 0.521. The number of hydrogen-bond acceptors (Lipinski definition) is 1. The zero-order valence-electron chi connectivity index (χ0n) is 7.15. The zero-order chi connectivity index (χ0) is 7.28. The van der Waals surface area contributed by atoms with E-state index in [4.69, 9.17) is 0 Å². The maximum atomic E-state index is 2.54. The standard InChI is InChI=1S/C6H18BNSi/c1-4-7(5-2)8(9)6-3/h4-6H2,1-3,9H3. The molecule has 0 radical (unpaired) electrons. The van der Waals surface area contributed by atoms with Gasteiger partial charge in [0, 0.05) is 0 Å². The van der Waals surface area contributed by atoms with E-state index in [1.54, 1.807) is 0 Å². The van der Waals surface area contributed by atoms with E-state index in [1.165, 1.54) is 29.6 Å². The summed E-state index contributed by atoms with van der Waals surface area (Å²) in [5.74, 6) is 0. The molecule has 0 aliphatic rings. The molecule has 0 aromatic rings. The van der Waals surface area contributed by atoms with Crippen LogP contribution in [-0.2, 0) is 0 Å². The van der Waals surface area contributed by atoms with Gasteiger partial charge in [0.2, 0.25) is 6.85 Å². The first-order valence-corrected chi connectivity index (χ1v) is 4.85. The van der Waals surface area contributed by atoms with Gasteiger partial charge in [0.1, 0.15) is 0 Å². The molecule has 0 aromatic carbocycles. The van der Waals surface area contributed by atoms with Crippen molar-refractivity contribution in [1.82, 2.24) is 4.48 Å². The Labute approximate surface area is 62.4 Å². The Kier molecular flexibility index (Phi) is 5.20. The largest absolute Gasteiger partial charge is 0.372 e.